The smallest absolute Gasteiger partial charge is 0.0740 e. The molecule has 0 aromatic carbocycles. The van der Waals surface area contributed by atoms with Gasteiger partial charge in [-0.1, -0.05) is 25.1 Å². The van der Waals surface area contributed by atoms with Crippen LogP contribution in [0, 0.1) is 0 Å². The van der Waals surface area contributed by atoms with Gasteiger partial charge in [-0.05, 0) is 19.4 Å². The number of aliphatic hydroxyl groups is 1. The number of methoxy groups -OCH3 is 1. The highest BCUT2D eigenvalue weighted by molar-refractivity contribution is 7.80. The normalized spacial score (nSPS) is 11.0. The summed E-state index contributed by atoms with van der Waals surface area (Å²) in [5.74, 6) is 0. The van der Waals surface area contributed by atoms with Gasteiger partial charge in [-0.15, -0.1) is 0 Å². The zero-order valence-electron chi connectivity index (χ0n) is 10.9. The van der Waals surface area contributed by atoms with Crippen molar-refractivity contribution in [1.29, 1.82) is 0 Å². The highest BCUT2D eigenvalue weighted by Gasteiger charge is 2.04. The van der Waals surface area contributed by atoms with Gasteiger partial charge < -0.3 is 20.5 Å². The first kappa shape index (κ1) is 16.8. The summed E-state index contributed by atoms with van der Waals surface area (Å²) in [6, 6.07) is 0. The van der Waals surface area contributed by atoms with Gasteiger partial charge in [0.25, 0.3) is 0 Å². The maximum atomic E-state index is 8.68. The Morgan fingerprint density at radius 1 is 1.18 bits per heavy atom. The predicted octanol–water partition coefficient (Wildman–Crippen LogP) is 1.16. The van der Waals surface area contributed by atoms with E-state index in [1.54, 1.807) is 7.11 Å². The van der Waals surface area contributed by atoms with Crippen LogP contribution >= 0.6 is 12.2 Å². The number of thiocarbonyl (C=S) groups is 1. The summed E-state index contributed by atoms with van der Waals surface area (Å²) in [5.41, 5.74) is 5.51. The zero-order chi connectivity index (χ0) is 12.9. The molecule has 0 unspecified atom stereocenters. The molecule has 0 spiro atoms. The molecular formula is C12H26N2O2S. The molecule has 102 valence electrons. The summed E-state index contributed by atoms with van der Waals surface area (Å²) in [6.07, 6.45) is 5.10. The van der Waals surface area contributed by atoms with E-state index in [1.165, 1.54) is 0 Å². The number of aliphatic hydroxyl groups excluding tert-OH is 1. The highest BCUT2D eigenvalue weighted by Crippen LogP contribution is 2.02. The number of unbranched alkanes of at least 4 members (excludes halogenated alkanes) is 3. The van der Waals surface area contributed by atoms with Crippen LogP contribution < -0.4 is 5.73 Å². The summed E-state index contributed by atoms with van der Waals surface area (Å²) in [4.78, 5) is 2.91. The SMILES string of the molecule is COCCN(CCCCCCO)CCC(N)=S. The van der Waals surface area contributed by atoms with Crippen LogP contribution in [0.4, 0.5) is 0 Å². The minimum absolute atomic E-state index is 0.300. The van der Waals surface area contributed by atoms with Crippen LogP contribution in [0.15, 0.2) is 0 Å². The van der Waals surface area contributed by atoms with Crippen LogP contribution in [0.3, 0.4) is 0 Å². The van der Waals surface area contributed by atoms with Crippen molar-refractivity contribution < 1.29 is 9.84 Å². The summed E-state index contributed by atoms with van der Waals surface area (Å²) in [5, 5.41) is 8.68. The highest BCUT2D eigenvalue weighted by atomic mass is 32.1. The number of nitrogens with two attached hydrogens (primary N) is 1. The van der Waals surface area contributed by atoms with Gasteiger partial charge in [0, 0.05) is 33.2 Å². The number of hydrogen-bond acceptors (Lipinski definition) is 4. The second-order valence-corrected chi connectivity index (χ2v) is 4.71. The first-order valence-electron chi connectivity index (χ1n) is 6.31. The standard InChI is InChI=1S/C12H26N2O2S/c1-16-11-9-14(8-6-12(13)17)7-4-2-3-5-10-15/h15H,2-11H2,1H3,(H2,13,17). The molecule has 0 aromatic rings. The van der Waals surface area contributed by atoms with E-state index in [4.69, 9.17) is 27.8 Å². The second kappa shape index (κ2) is 12.2. The van der Waals surface area contributed by atoms with Crippen molar-refractivity contribution in [3.05, 3.63) is 0 Å². The van der Waals surface area contributed by atoms with Crippen LogP contribution in [-0.4, -0.2) is 55.0 Å². The van der Waals surface area contributed by atoms with Gasteiger partial charge in [-0.25, -0.2) is 0 Å². The molecule has 17 heavy (non-hydrogen) atoms. The number of nitrogens with zero attached hydrogens (tertiary/aromatic N) is 1. The van der Waals surface area contributed by atoms with Gasteiger partial charge in [-0.3, -0.25) is 0 Å². The molecule has 0 rings (SSSR count). The first-order chi connectivity index (χ1) is 8.20. The number of hydrogen-bond donors (Lipinski definition) is 2. The zero-order valence-corrected chi connectivity index (χ0v) is 11.7. The van der Waals surface area contributed by atoms with Crippen LogP contribution in [0.1, 0.15) is 32.1 Å². The van der Waals surface area contributed by atoms with Gasteiger partial charge in [0.05, 0.1) is 11.6 Å². The van der Waals surface area contributed by atoms with E-state index < -0.39 is 0 Å². The molecule has 0 aromatic heterocycles. The van der Waals surface area contributed by atoms with Crippen LogP contribution in [0.25, 0.3) is 0 Å². The number of ether oxygens (including phenoxy) is 1. The lowest BCUT2D eigenvalue weighted by molar-refractivity contribution is 0.148. The first-order valence-corrected chi connectivity index (χ1v) is 6.72. The van der Waals surface area contributed by atoms with Crippen molar-refractivity contribution in [2.24, 2.45) is 5.73 Å². The van der Waals surface area contributed by atoms with Gasteiger partial charge >= 0.3 is 0 Å². The fourth-order valence-corrected chi connectivity index (χ4v) is 1.72. The maximum absolute atomic E-state index is 8.68. The molecule has 0 saturated carbocycles. The molecule has 0 heterocycles. The fourth-order valence-electron chi connectivity index (χ4n) is 1.62. The average molecular weight is 262 g/mol. The van der Waals surface area contributed by atoms with E-state index in [2.05, 4.69) is 4.90 Å². The van der Waals surface area contributed by atoms with Crippen LogP contribution in [-0.2, 0) is 4.74 Å². The van der Waals surface area contributed by atoms with Gasteiger partial charge in [0.2, 0.25) is 0 Å². The Kier molecular flexibility index (Phi) is 12.1. The molecular weight excluding hydrogens is 236 g/mol. The van der Waals surface area contributed by atoms with Crippen molar-refractivity contribution in [3.8, 4) is 0 Å². The third-order valence-electron chi connectivity index (χ3n) is 2.67. The Bertz CT molecular complexity index is 191. The molecule has 4 nitrogen and oxygen atoms in total. The lowest BCUT2D eigenvalue weighted by atomic mass is 10.2. The molecule has 0 saturated heterocycles. The molecule has 0 aliphatic rings. The van der Waals surface area contributed by atoms with E-state index in [-0.39, 0.29) is 0 Å². The van der Waals surface area contributed by atoms with Crippen LogP contribution in [0.5, 0.6) is 0 Å². The summed E-state index contributed by atoms with van der Waals surface area (Å²) in [7, 11) is 1.72. The molecule has 0 amide bonds. The fraction of sp³-hybridized carbons (Fsp3) is 0.917. The lowest BCUT2D eigenvalue weighted by Gasteiger charge is -2.21. The van der Waals surface area contributed by atoms with E-state index >= 15 is 0 Å². The molecule has 3 N–H and O–H groups in total. The van der Waals surface area contributed by atoms with Crippen LogP contribution in [0.2, 0.25) is 0 Å². The van der Waals surface area contributed by atoms with Crippen molar-refractivity contribution >= 4 is 17.2 Å². The Balaban J connectivity index is 3.64. The van der Waals surface area contributed by atoms with Crippen molar-refractivity contribution in [3.63, 3.8) is 0 Å². The van der Waals surface area contributed by atoms with Crippen molar-refractivity contribution in [2.45, 2.75) is 32.1 Å². The molecule has 0 bridgehead atoms. The largest absolute Gasteiger partial charge is 0.396 e. The lowest BCUT2D eigenvalue weighted by Crippen LogP contribution is -2.31. The Morgan fingerprint density at radius 3 is 2.47 bits per heavy atom. The third kappa shape index (κ3) is 12.0. The van der Waals surface area contributed by atoms with E-state index in [9.17, 15) is 0 Å². The van der Waals surface area contributed by atoms with Crippen molar-refractivity contribution in [1.82, 2.24) is 4.90 Å². The molecule has 0 radical (unpaired) electrons. The Hall–Kier alpha value is -0.230. The summed E-state index contributed by atoms with van der Waals surface area (Å²) < 4.78 is 5.09. The van der Waals surface area contributed by atoms with Gasteiger partial charge in [-0.2, -0.15) is 0 Å². The monoisotopic (exact) mass is 262 g/mol. The molecule has 5 heteroatoms. The average Bonchev–Trinajstić information content (AvgIpc) is 2.31. The summed E-state index contributed by atoms with van der Waals surface area (Å²) >= 11 is 4.89. The quantitative estimate of drug-likeness (QED) is 0.408. The number of rotatable bonds is 12. The third-order valence-corrected chi connectivity index (χ3v) is 2.87. The topological polar surface area (TPSA) is 58.7 Å². The van der Waals surface area contributed by atoms with Crippen molar-refractivity contribution in [2.75, 3.05) is 40.0 Å². The minimum Gasteiger partial charge on any atom is -0.396 e. The molecule has 0 aliphatic carbocycles. The second-order valence-electron chi connectivity index (χ2n) is 4.19. The summed E-state index contributed by atoms with van der Waals surface area (Å²) in [6.45, 7) is 3.94. The van der Waals surface area contributed by atoms with E-state index in [0.29, 0.717) is 11.6 Å². The van der Waals surface area contributed by atoms with Gasteiger partial charge in [0.15, 0.2) is 0 Å². The van der Waals surface area contributed by atoms with Gasteiger partial charge in [0.1, 0.15) is 0 Å². The maximum Gasteiger partial charge on any atom is 0.0740 e. The predicted molar refractivity (Wildman–Crippen MR) is 75.3 cm³/mol. The Labute approximate surface area is 110 Å². The molecule has 0 atom stereocenters. The van der Waals surface area contributed by atoms with E-state index in [1.807, 2.05) is 0 Å². The van der Waals surface area contributed by atoms with E-state index in [0.717, 1.165) is 58.3 Å². The minimum atomic E-state index is 0.300. The molecule has 0 fully saturated rings. The Morgan fingerprint density at radius 2 is 1.88 bits per heavy atom. The molecule has 0 aliphatic heterocycles.